The van der Waals surface area contributed by atoms with Gasteiger partial charge in [0.2, 0.25) is 0 Å². The topological polar surface area (TPSA) is 80.7 Å². The molecule has 0 aromatic heterocycles. The monoisotopic (exact) mass is 414 g/mol. The molecule has 0 atom stereocenters. The van der Waals surface area contributed by atoms with Gasteiger partial charge in [0, 0.05) is 6.26 Å². The van der Waals surface area contributed by atoms with E-state index < -0.39 is 21.0 Å². The normalized spacial score (nSPS) is 18.8. The maximum absolute atomic E-state index is 13.1. The first-order valence-corrected chi connectivity index (χ1v) is 11.2. The number of carbonyl (C=O) groups is 1. The lowest BCUT2D eigenvalue weighted by molar-refractivity contribution is -0.158. The summed E-state index contributed by atoms with van der Waals surface area (Å²) < 4.78 is 29.2. The third-order valence-electron chi connectivity index (χ3n) is 5.21. The Bertz CT molecular complexity index is 1120. The van der Waals surface area contributed by atoms with Crippen molar-refractivity contribution >= 4 is 21.2 Å². The van der Waals surface area contributed by atoms with E-state index in [-0.39, 0.29) is 22.0 Å². The first-order chi connectivity index (χ1) is 13.2. The van der Waals surface area contributed by atoms with Crippen molar-refractivity contribution in [2.24, 2.45) is 0 Å². The number of hydrogen-bond donors (Lipinski definition) is 1. The van der Waals surface area contributed by atoms with E-state index in [1.807, 2.05) is 25.1 Å². The molecular formula is C23H26O5S. The Morgan fingerprint density at radius 3 is 2.00 bits per heavy atom. The fourth-order valence-corrected chi connectivity index (χ4v) is 4.29. The highest BCUT2D eigenvalue weighted by Gasteiger charge is 2.47. The molecular weight excluding hydrogens is 388 g/mol. The predicted octanol–water partition coefficient (Wildman–Crippen LogP) is 4.49. The van der Waals surface area contributed by atoms with Crippen LogP contribution < -0.4 is 0 Å². The number of ketones is 1. The first kappa shape index (κ1) is 21.3. The highest BCUT2D eigenvalue weighted by Crippen LogP contribution is 2.41. The van der Waals surface area contributed by atoms with Gasteiger partial charge in [-0.15, -0.1) is 0 Å². The minimum absolute atomic E-state index is 0.0884. The van der Waals surface area contributed by atoms with Crippen LogP contribution in [0.2, 0.25) is 0 Å². The number of sulfone groups is 1. The Hall–Kier alpha value is -2.44. The Kier molecular flexibility index (Phi) is 5.00. The number of aryl methyl sites for hydroxylation is 1. The Balaban J connectivity index is 2.16. The smallest absolute Gasteiger partial charge is 0.198 e. The lowest BCUT2D eigenvalue weighted by Gasteiger charge is -2.40. The van der Waals surface area contributed by atoms with Crippen molar-refractivity contribution in [2.45, 2.75) is 50.7 Å². The van der Waals surface area contributed by atoms with Crippen molar-refractivity contribution in [3.8, 4) is 11.1 Å². The third kappa shape index (κ3) is 3.87. The predicted molar refractivity (Wildman–Crippen MR) is 114 cm³/mol. The number of carbonyl (C=O) groups excluding carboxylic acids is 1. The molecule has 3 rings (SSSR count). The van der Waals surface area contributed by atoms with Gasteiger partial charge in [0.15, 0.2) is 15.6 Å². The van der Waals surface area contributed by atoms with Gasteiger partial charge >= 0.3 is 0 Å². The summed E-state index contributed by atoms with van der Waals surface area (Å²) in [6.07, 6.45) is 1.17. The molecule has 0 saturated carbocycles. The van der Waals surface area contributed by atoms with Crippen LogP contribution in [0.1, 0.15) is 38.8 Å². The van der Waals surface area contributed by atoms with E-state index in [1.54, 1.807) is 52.0 Å². The zero-order valence-electron chi connectivity index (χ0n) is 17.5. The maximum atomic E-state index is 13.1. The van der Waals surface area contributed by atoms with Crippen molar-refractivity contribution in [2.75, 3.05) is 6.26 Å². The molecule has 1 heterocycles. The fraction of sp³-hybridized carbons (Fsp3) is 0.348. The molecule has 0 radical (unpaired) electrons. The van der Waals surface area contributed by atoms with Crippen LogP contribution in [0.15, 0.2) is 53.1 Å². The molecule has 0 spiro atoms. The SMILES string of the molecule is Cc1ccc(-c2ccc(S(C)(=O)=O)cc2)cc1C1=C(O)C(C)(C)OC(C)(C)C1=O. The lowest BCUT2D eigenvalue weighted by atomic mass is 9.81. The molecule has 154 valence electrons. The van der Waals surface area contributed by atoms with Gasteiger partial charge in [-0.25, -0.2) is 8.42 Å². The van der Waals surface area contributed by atoms with Gasteiger partial charge in [-0.1, -0.05) is 24.3 Å². The molecule has 1 aliphatic heterocycles. The van der Waals surface area contributed by atoms with Crippen LogP contribution in [-0.2, 0) is 19.4 Å². The summed E-state index contributed by atoms with van der Waals surface area (Å²) in [6, 6.07) is 12.2. The molecule has 5 nitrogen and oxygen atoms in total. The fourth-order valence-electron chi connectivity index (χ4n) is 3.66. The van der Waals surface area contributed by atoms with Crippen molar-refractivity contribution in [3.63, 3.8) is 0 Å². The average Bonchev–Trinajstić information content (AvgIpc) is 2.60. The summed E-state index contributed by atoms with van der Waals surface area (Å²) in [6.45, 7) is 8.76. The van der Waals surface area contributed by atoms with E-state index in [0.717, 1.165) is 16.7 Å². The first-order valence-electron chi connectivity index (χ1n) is 9.34. The van der Waals surface area contributed by atoms with Crippen LogP contribution in [0.3, 0.4) is 0 Å². The van der Waals surface area contributed by atoms with Crippen molar-refractivity contribution in [3.05, 3.63) is 59.4 Å². The van der Waals surface area contributed by atoms with Crippen LogP contribution in [-0.4, -0.2) is 36.8 Å². The van der Waals surface area contributed by atoms with Crippen LogP contribution in [0.25, 0.3) is 16.7 Å². The van der Waals surface area contributed by atoms with Crippen molar-refractivity contribution in [1.82, 2.24) is 0 Å². The second kappa shape index (κ2) is 6.82. The number of rotatable bonds is 3. The Morgan fingerprint density at radius 1 is 0.897 bits per heavy atom. The van der Waals surface area contributed by atoms with Gasteiger partial charge < -0.3 is 9.84 Å². The van der Waals surface area contributed by atoms with E-state index in [0.29, 0.717) is 5.56 Å². The summed E-state index contributed by atoms with van der Waals surface area (Å²) >= 11 is 0. The highest BCUT2D eigenvalue weighted by atomic mass is 32.2. The Morgan fingerprint density at radius 2 is 1.45 bits per heavy atom. The van der Waals surface area contributed by atoms with Gasteiger partial charge in [0.05, 0.1) is 10.5 Å². The zero-order valence-corrected chi connectivity index (χ0v) is 18.3. The van der Waals surface area contributed by atoms with Gasteiger partial charge in [0.25, 0.3) is 0 Å². The summed E-state index contributed by atoms with van der Waals surface area (Å²) in [7, 11) is -3.27. The van der Waals surface area contributed by atoms with E-state index >= 15 is 0 Å². The number of aliphatic hydroxyl groups excluding tert-OH is 1. The molecule has 0 amide bonds. The second-order valence-corrected chi connectivity index (χ2v) is 10.5. The Labute approximate surface area is 172 Å². The molecule has 6 heteroatoms. The number of Topliss-reactive ketones (excluding diaryl/α,β-unsaturated/α-hetero) is 1. The minimum Gasteiger partial charge on any atom is -0.508 e. The quantitative estimate of drug-likeness (QED) is 0.800. The maximum Gasteiger partial charge on any atom is 0.198 e. The van der Waals surface area contributed by atoms with E-state index in [2.05, 4.69) is 0 Å². The molecule has 0 unspecified atom stereocenters. The molecule has 2 aromatic rings. The highest BCUT2D eigenvalue weighted by molar-refractivity contribution is 7.90. The van der Waals surface area contributed by atoms with E-state index in [4.69, 9.17) is 4.74 Å². The molecule has 0 aliphatic carbocycles. The number of hydrogen-bond acceptors (Lipinski definition) is 5. The largest absolute Gasteiger partial charge is 0.508 e. The molecule has 0 saturated heterocycles. The van der Waals surface area contributed by atoms with Crippen LogP contribution >= 0.6 is 0 Å². The summed E-state index contributed by atoms with van der Waals surface area (Å²) in [5.41, 5.74) is 1.33. The molecule has 2 aromatic carbocycles. The second-order valence-electron chi connectivity index (χ2n) is 8.50. The van der Waals surface area contributed by atoms with Gasteiger partial charge in [-0.2, -0.15) is 0 Å². The average molecular weight is 415 g/mol. The van der Waals surface area contributed by atoms with Crippen LogP contribution in [0.4, 0.5) is 0 Å². The number of benzene rings is 2. The number of ether oxygens (including phenoxy) is 1. The summed E-state index contributed by atoms with van der Waals surface area (Å²) in [5.74, 6) is -0.364. The number of aliphatic hydroxyl groups is 1. The molecule has 0 bridgehead atoms. The summed E-state index contributed by atoms with van der Waals surface area (Å²) in [5, 5.41) is 10.8. The zero-order chi connectivity index (χ0) is 21.8. The molecule has 1 aliphatic rings. The minimum atomic E-state index is -3.27. The van der Waals surface area contributed by atoms with Gasteiger partial charge in [-0.3, -0.25) is 4.79 Å². The van der Waals surface area contributed by atoms with Crippen molar-refractivity contribution < 1.29 is 23.1 Å². The van der Waals surface area contributed by atoms with Gasteiger partial charge in [0.1, 0.15) is 17.0 Å². The van der Waals surface area contributed by atoms with E-state index in [1.165, 1.54) is 6.26 Å². The molecule has 1 N–H and O–H groups in total. The molecule has 0 fully saturated rings. The standard InChI is InChI=1S/C23H26O5S/c1-14-7-8-16(15-9-11-17(12-10-15)29(6,26)27)13-18(14)19-20(24)22(2,3)28-23(4,5)21(19)25/h7-13,24H,1-6H3. The molecule has 29 heavy (non-hydrogen) atoms. The third-order valence-corrected chi connectivity index (χ3v) is 6.34. The van der Waals surface area contributed by atoms with Crippen LogP contribution in [0.5, 0.6) is 0 Å². The van der Waals surface area contributed by atoms with E-state index in [9.17, 15) is 18.3 Å². The van der Waals surface area contributed by atoms with Crippen molar-refractivity contribution in [1.29, 1.82) is 0 Å². The lowest BCUT2D eigenvalue weighted by Crippen LogP contribution is -2.49. The van der Waals surface area contributed by atoms with Gasteiger partial charge in [-0.05, 0) is 75.1 Å². The van der Waals surface area contributed by atoms with Crippen LogP contribution in [0, 0.1) is 6.92 Å². The summed E-state index contributed by atoms with van der Waals surface area (Å²) in [4.78, 5) is 13.3.